The van der Waals surface area contributed by atoms with Gasteiger partial charge in [0.05, 0.1) is 33.3 Å². The lowest BCUT2D eigenvalue weighted by atomic mass is 9.89. The quantitative estimate of drug-likeness (QED) is 0.127. The zero-order valence-corrected chi connectivity index (χ0v) is 28.4. The van der Waals surface area contributed by atoms with E-state index in [2.05, 4.69) is 10.1 Å². The zero-order valence-electron chi connectivity index (χ0n) is 25.4. The number of hydrogen-bond acceptors (Lipinski definition) is 5. The number of nitrogens with zero attached hydrogens (tertiary/aromatic N) is 5. The standard InChI is InChI=1S/C33H35Cl4N5O3/c1-39(32(43)22-16-23(34)19-24(35)17-22)20-29(38-45-3)26(21-8-9-27(36)28(37)18-21)12-15-41-13-10-25(11-14-41)42-31-7-5-4-6-30(31)40(2)33(42)44/h4-9,16-19,25-26H,10-15,20H2,1-3H3/b38-29+/t26-/m1/s1. The Balaban J connectivity index is 1.32. The summed E-state index contributed by atoms with van der Waals surface area (Å²) in [6, 6.07) is 18.4. The molecule has 0 saturated carbocycles. The summed E-state index contributed by atoms with van der Waals surface area (Å²) < 4.78 is 3.68. The summed E-state index contributed by atoms with van der Waals surface area (Å²) in [5, 5.41) is 6.06. The second-order valence-electron chi connectivity index (χ2n) is 11.4. The van der Waals surface area contributed by atoms with Crippen LogP contribution in [0.3, 0.4) is 0 Å². The number of para-hydroxylation sites is 2. The molecule has 12 heteroatoms. The Kier molecular flexibility index (Phi) is 10.8. The predicted octanol–water partition coefficient (Wildman–Crippen LogP) is 7.54. The zero-order chi connectivity index (χ0) is 32.2. The van der Waals surface area contributed by atoms with Gasteiger partial charge in [-0.2, -0.15) is 0 Å². The number of amides is 1. The van der Waals surface area contributed by atoms with Gasteiger partial charge in [0.15, 0.2) is 0 Å². The van der Waals surface area contributed by atoms with Crippen LogP contribution in [0.25, 0.3) is 11.0 Å². The third kappa shape index (κ3) is 7.53. The lowest BCUT2D eigenvalue weighted by Crippen LogP contribution is -2.39. The molecule has 238 valence electrons. The summed E-state index contributed by atoms with van der Waals surface area (Å²) in [6.45, 7) is 2.67. The summed E-state index contributed by atoms with van der Waals surface area (Å²) in [5.41, 5.74) is 3.91. The second-order valence-corrected chi connectivity index (χ2v) is 13.1. The number of fused-ring (bicyclic) bond motifs is 1. The Morgan fingerprint density at radius 2 is 1.64 bits per heavy atom. The van der Waals surface area contributed by atoms with Gasteiger partial charge in [0.2, 0.25) is 0 Å². The van der Waals surface area contributed by atoms with Crippen LogP contribution in [0.5, 0.6) is 0 Å². The van der Waals surface area contributed by atoms with Crippen molar-refractivity contribution in [3.05, 3.63) is 102 Å². The van der Waals surface area contributed by atoms with E-state index in [4.69, 9.17) is 51.2 Å². The van der Waals surface area contributed by atoms with Gasteiger partial charge in [-0.25, -0.2) is 4.79 Å². The summed E-state index contributed by atoms with van der Waals surface area (Å²) in [4.78, 5) is 35.7. The molecule has 1 aliphatic rings. The molecule has 1 amide bonds. The molecule has 1 saturated heterocycles. The normalized spacial score (nSPS) is 15.4. The van der Waals surface area contributed by atoms with Crippen molar-refractivity contribution in [3.8, 4) is 0 Å². The first-order chi connectivity index (χ1) is 21.6. The van der Waals surface area contributed by atoms with Crippen LogP contribution in [-0.2, 0) is 11.9 Å². The van der Waals surface area contributed by atoms with Crippen molar-refractivity contribution in [1.82, 2.24) is 18.9 Å². The van der Waals surface area contributed by atoms with E-state index in [1.54, 1.807) is 40.8 Å². The molecule has 4 aromatic rings. The molecule has 5 rings (SSSR count). The van der Waals surface area contributed by atoms with Crippen LogP contribution in [0, 0.1) is 0 Å². The van der Waals surface area contributed by atoms with E-state index in [9.17, 15) is 9.59 Å². The summed E-state index contributed by atoms with van der Waals surface area (Å²) in [5.74, 6) is -0.460. The first kappa shape index (κ1) is 33.4. The lowest BCUT2D eigenvalue weighted by molar-refractivity contribution is 0.0812. The number of carbonyl (C=O) groups is 1. The van der Waals surface area contributed by atoms with Crippen LogP contribution in [-0.4, -0.2) is 70.9 Å². The van der Waals surface area contributed by atoms with Crippen LogP contribution in [0.2, 0.25) is 20.1 Å². The molecule has 0 bridgehead atoms. The number of aryl methyl sites for hydroxylation is 1. The molecule has 0 N–H and O–H groups in total. The van der Waals surface area contributed by atoms with Crippen molar-refractivity contribution in [3.63, 3.8) is 0 Å². The summed E-state index contributed by atoms with van der Waals surface area (Å²) >= 11 is 25.0. The van der Waals surface area contributed by atoms with E-state index in [0.29, 0.717) is 37.8 Å². The van der Waals surface area contributed by atoms with Gasteiger partial charge in [-0.3, -0.25) is 13.9 Å². The van der Waals surface area contributed by atoms with Gasteiger partial charge < -0.3 is 14.6 Å². The minimum atomic E-state index is -0.248. The van der Waals surface area contributed by atoms with Crippen LogP contribution >= 0.6 is 46.4 Å². The molecule has 1 fully saturated rings. The molecule has 8 nitrogen and oxygen atoms in total. The minimum absolute atomic E-state index is 0.0217. The lowest BCUT2D eigenvalue weighted by Gasteiger charge is -2.33. The highest BCUT2D eigenvalue weighted by Gasteiger charge is 2.28. The Bertz CT molecular complexity index is 1760. The third-order valence-electron chi connectivity index (χ3n) is 8.46. The Labute approximate surface area is 282 Å². The number of imidazole rings is 1. The van der Waals surface area contributed by atoms with E-state index in [1.165, 1.54) is 7.11 Å². The topological polar surface area (TPSA) is 72.1 Å². The highest BCUT2D eigenvalue weighted by molar-refractivity contribution is 6.42. The number of hydrogen-bond donors (Lipinski definition) is 0. The summed E-state index contributed by atoms with van der Waals surface area (Å²) in [7, 11) is 5.02. The molecular formula is C33H35Cl4N5O3. The Morgan fingerprint density at radius 1 is 0.978 bits per heavy atom. The SMILES string of the molecule is CO/N=C(\CN(C)C(=O)c1cc(Cl)cc(Cl)c1)[C@H](CCN1CCC(n2c(=O)n(C)c3ccccc32)CC1)c1ccc(Cl)c(Cl)c1. The first-order valence-corrected chi connectivity index (χ1v) is 16.2. The van der Waals surface area contributed by atoms with Crippen molar-refractivity contribution < 1.29 is 9.63 Å². The van der Waals surface area contributed by atoms with Gasteiger partial charge in [0.1, 0.15) is 7.11 Å². The minimum Gasteiger partial charge on any atom is -0.399 e. The molecule has 1 aromatic heterocycles. The predicted molar refractivity (Wildman–Crippen MR) is 184 cm³/mol. The van der Waals surface area contributed by atoms with Gasteiger partial charge in [0, 0.05) is 54.8 Å². The van der Waals surface area contributed by atoms with E-state index in [-0.39, 0.29) is 30.1 Å². The van der Waals surface area contributed by atoms with Crippen LogP contribution in [0.15, 0.2) is 70.6 Å². The number of piperidine rings is 1. The van der Waals surface area contributed by atoms with E-state index >= 15 is 0 Å². The number of carbonyl (C=O) groups excluding carboxylic acids is 1. The smallest absolute Gasteiger partial charge is 0.329 e. The van der Waals surface area contributed by atoms with Crippen LogP contribution < -0.4 is 5.69 Å². The molecular weight excluding hydrogens is 656 g/mol. The van der Waals surface area contributed by atoms with E-state index in [1.807, 2.05) is 48.0 Å². The maximum Gasteiger partial charge on any atom is 0.329 e. The molecule has 2 heterocycles. The van der Waals surface area contributed by atoms with Gasteiger partial charge in [-0.1, -0.05) is 69.8 Å². The molecule has 0 aliphatic carbocycles. The van der Waals surface area contributed by atoms with Crippen LogP contribution in [0.4, 0.5) is 0 Å². The van der Waals surface area contributed by atoms with Crippen LogP contribution in [0.1, 0.15) is 47.1 Å². The van der Waals surface area contributed by atoms with Crippen molar-refractivity contribution in [2.24, 2.45) is 12.2 Å². The van der Waals surface area contributed by atoms with Gasteiger partial charge in [-0.05, 0) is 73.8 Å². The monoisotopic (exact) mass is 689 g/mol. The highest BCUT2D eigenvalue weighted by atomic mass is 35.5. The fourth-order valence-electron chi connectivity index (χ4n) is 6.17. The van der Waals surface area contributed by atoms with E-state index in [0.717, 1.165) is 49.1 Å². The van der Waals surface area contributed by atoms with Gasteiger partial charge in [0.25, 0.3) is 5.91 Å². The fraction of sp³-hybridized carbons (Fsp3) is 0.364. The maximum absolute atomic E-state index is 13.3. The largest absolute Gasteiger partial charge is 0.399 e. The van der Waals surface area contributed by atoms with Crippen molar-refractivity contribution >= 4 is 69.1 Å². The Morgan fingerprint density at radius 3 is 2.29 bits per heavy atom. The molecule has 3 aromatic carbocycles. The number of benzene rings is 3. The van der Waals surface area contributed by atoms with Crippen molar-refractivity contribution in [2.45, 2.75) is 31.2 Å². The number of aromatic nitrogens is 2. The Hall–Kier alpha value is -3.01. The maximum atomic E-state index is 13.3. The number of rotatable bonds is 10. The molecule has 0 radical (unpaired) electrons. The van der Waals surface area contributed by atoms with Gasteiger partial charge >= 0.3 is 5.69 Å². The van der Waals surface area contributed by atoms with E-state index < -0.39 is 0 Å². The molecule has 45 heavy (non-hydrogen) atoms. The third-order valence-corrected chi connectivity index (χ3v) is 9.64. The van der Waals surface area contributed by atoms with Gasteiger partial charge in [-0.15, -0.1) is 0 Å². The molecule has 0 unspecified atom stereocenters. The molecule has 1 atom stereocenters. The molecule has 1 aliphatic heterocycles. The average Bonchev–Trinajstić information content (AvgIpc) is 3.27. The number of oxime groups is 1. The average molecular weight is 691 g/mol. The summed E-state index contributed by atoms with van der Waals surface area (Å²) in [6.07, 6.45) is 2.43. The number of halogens is 4. The first-order valence-electron chi connectivity index (χ1n) is 14.7. The number of likely N-dealkylation sites (tertiary alicyclic amines) is 1. The fourth-order valence-corrected chi connectivity index (χ4v) is 7.00. The second kappa shape index (κ2) is 14.6. The van der Waals surface area contributed by atoms with Crippen molar-refractivity contribution in [2.75, 3.05) is 40.3 Å². The molecule has 0 spiro atoms. The van der Waals surface area contributed by atoms with Crippen molar-refractivity contribution in [1.29, 1.82) is 0 Å². The highest BCUT2D eigenvalue weighted by Crippen LogP contribution is 2.31.